The van der Waals surface area contributed by atoms with E-state index in [9.17, 15) is 31.1 Å². The Morgan fingerprint density at radius 3 is 1.87 bits per heavy atom. The fourth-order valence-corrected chi connectivity index (χ4v) is 3.01. The third-order valence-corrected chi connectivity index (χ3v) is 4.32. The van der Waals surface area contributed by atoms with E-state index in [4.69, 9.17) is 0 Å². The minimum Gasteiger partial charge on any atom is -0.465 e. The Labute approximate surface area is 166 Å². The number of ether oxygens (including phenoxy) is 1. The van der Waals surface area contributed by atoms with Crippen molar-refractivity contribution in [3.63, 3.8) is 0 Å². The van der Waals surface area contributed by atoms with E-state index in [1.807, 2.05) is 0 Å². The molecule has 0 amide bonds. The molecule has 2 aromatic carbocycles. The number of halogens is 6. The van der Waals surface area contributed by atoms with Crippen molar-refractivity contribution in [2.75, 3.05) is 7.11 Å². The van der Waals surface area contributed by atoms with Gasteiger partial charge in [0.15, 0.2) is 0 Å². The number of hydrogen-bond donors (Lipinski definition) is 0. The van der Waals surface area contributed by atoms with E-state index in [-0.39, 0.29) is 27.9 Å². The number of rotatable bonds is 3. The fourth-order valence-electron chi connectivity index (χ4n) is 3.01. The highest BCUT2D eigenvalue weighted by molar-refractivity contribution is 5.98. The van der Waals surface area contributed by atoms with E-state index in [0.717, 1.165) is 37.6 Å². The van der Waals surface area contributed by atoms with Crippen LogP contribution in [0.2, 0.25) is 0 Å². The molecular formula is C21H13F6NO2. The summed E-state index contributed by atoms with van der Waals surface area (Å²) in [6.45, 7) is 0. The molecule has 0 radical (unpaired) electrons. The first-order valence-electron chi connectivity index (χ1n) is 8.45. The fraction of sp³-hybridized carbons (Fsp3) is 0.143. The Morgan fingerprint density at radius 1 is 0.833 bits per heavy atom. The molecule has 9 heteroatoms. The van der Waals surface area contributed by atoms with Crippen LogP contribution >= 0.6 is 0 Å². The molecule has 0 unspecified atom stereocenters. The van der Waals surface area contributed by atoms with Gasteiger partial charge >= 0.3 is 18.3 Å². The number of aromatic nitrogens is 1. The number of hydrogen-bond acceptors (Lipinski definition) is 3. The lowest BCUT2D eigenvalue weighted by Gasteiger charge is -2.16. The number of carbonyl (C=O) groups is 1. The Kier molecular flexibility index (Phi) is 5.56. The highest BCUT2D eigenvalue weighted by atomic mass is 19.4. The maximum atomic E-state index is 13.4. The zero-order valence-corrected chi connectivity index (χ0v) is 15.3. The molecule has 3 aromatic rings. The summed E-state index contributed by atoms with van der Waals surface area (Å²) in [6, 6.07) is 10.1. The summed E-state index contributed by atoms with van der Waals surface area (Å²) < 4.78 is 84.9. The zero-order chi connectivity index (χ0) is 22.1. The third kappa shape index (κ3) is 4.14. The molecule has 156 valence electrons. The average Bonchev–Trinajstić information content (AvgIpc) is 2.71. The molecule has 0 saturated carbocycles. The molecule has 3 rings (SSSR count). The van der Waals surface area contributed by atoms with Gasteiger partial charge in [0, 0.05) is 17.3 Å². The number of alkyl halides is 6. The number of carbonyl (C=O) groups excluding carboxylic acids is 1. The lowest BCUT2D eigenvalue weighted by Crippen LogP contribution is -2.11. The van der Waals surface area contributed by atoms with Gasteiger partial charge in [0.2, 0.25) is 0 Å². The molecular weight excluding hydrogens is 412 g/mol. The van der Waals surface area contributed by atoms with Crippen LogP contribution in [0.4, 0.5) is 26.3 Å². The summed E-state index contributed by atoms with van der Waals surface area (Å²) >= 11 is 0. The van der Waals surface area contributed by atoms with Crippen LogP contribution in [0, 0.1) is 0 Å². The topological polar surface area (TPSA) is 39.2 Å². The van der Waals surface area contributed by atoms with Gasteiger partial charge < -0.3 is 4.74 Å². The van der Waals surface area contributed by atoms with Crippen LogP contribution in [0.25, 0.3) is 22.4 Å². The van der Waals surface area contributed by atoms with Crippen molar-refractivity contribution < 1.29 is 35.9 Å². The van der Waals surface area contributed by atoms with Gasteiger partial charge in [0.05, 0.1) is 29.5 Å². The van der Waals surface area contributed by atoms with Gasteiger partial charge in [-0.2, -0.15) is 26.3 Å². The van der Waals surface area contributed by atoms with Crippen molar-refractivity contribution >= 4 is 5.97 Å². The smallest absolute Gasteiger partial charge is 0.417 e. The number of pyridine rings is 1. The largest absolute Gasteiger partial charge is 0.465 e. The predicted octanol–water partition coefficient (Wildman–Crippen LogP) is 6.24. The van der Waals surface area contributed by atoms with Crippen molar-refractivity contribution in [2.24, 2.45) is 0 Å². The Morgan fingerprint density at radius 2 is 1.33 bits per heavy atom. The maximum absolute atomic E-state index is 13.4. The molecule has 0 fully saturated rings. The van der Waals surface area contributed by atoms with Crippen molar-refractivity contribution in [1.82, 2.24) is 4.98 Å². The van der Waals surface area contributed by atoms with Gasteiger partial charge in [-0.3, -0.25) is 4.98 Å². The maximum Gasteiger partial charge on any atom is 0.417 e. The molecule has 0 bridgehead atoms. The van der Waals surface area contributed by atoms with Crippen LogP contribution in [-0.4, -0.2) is 18.1 Å². The van der Waals surface area contributed by atoms with E-state index in [0.29, 0.717) is 0 Å². The first-order valence-corrected chi connectivity index (χ1v) is 8.45. The lowest BCUT2D eigenvalue weighted by atomic mass is 9.95. The first-order chi connectivity index (χ1) is 14.0. The van der Waals surface area contributed by atoms with E-state index in [1.54, 1.807) is 0 Å². The van der Waals surface area contributed by atoms with Gasteiger partial charge in [-0.1, -0.05) is 36.4 Å². The van der Waals surface area contributed by atoms with Gasteiger partial charge in [-0.05, 0) is 23.8 Å². The summed E-state index contributed by atoms with van der Waals surface area (Å²) in [6.07, 6.45) is -8.41. The van der Waals surface area contributed by atoms with Crippen molar-refractivity contribution in [1.29, 1.82) is 0 Å². The number of benzene rings is 2. The van der Waals surface area contributed by atoms with Gasteiger partial charge in [0.25, 0.3) is 0 Å². The van der Waals surface area contributed by atoms with Crippen LogP contribution < -0.4 is 0 Å². The van der Waals surface area contributed by atoms with Crippen LogP contribution in [0.3, 0.4) is 0 Å². The molecule has 0 aliphatic heterocycles. The Hall–Kier alpha value is -3.36. The minimum absolute atomic E-state index is 0.0865. The molecule has 0 atom stereocenters. The minimum atomic E-state index is -4.73. The molecule has 0 N–H and O–H groups in total. The van der Waals surface area contributed by atoms with Gasteiger partial charge in [-0.25, -0.2) is 4.79 Å². The van der Waals surface area contributed by atoms with Gasteiger partial charge in [0.1, 0.15) is 0 Å². The quantitative estimate of drug-likeness (QED) is 0.368. The summed E-state index contributed by atoms with van der Waals surface area (Å²) in [4.78, 5) is 16.2. The van der Waals surface area contributed by atoms with E-state index >= 15 is 0 Å². The summed E-state index contributed by atoms with van der Waals surface area (Å²) in [5, 5.41) is 0. The van der Waals surface area contributed by atoms with E-state index in [2.05, 4.69) is 9.72 Å². The molecule has 1 heterocycles. The second-order valence-corrected chi connectivity index (χ2v) is 6.20. The van der Waals surface area contributed by atoms with Crippen LogP contribution in [0.1, 0.15) is 21.5 Å². The SMILES string of the molecule is COC(=O)c1cc(-c2ccccc2C(F)(F)F)cnc1-c1ccccc1C(F)(F)F. The molecule has 30 heavy (non-hydrogen) atoms. The normalized spacial score (nSPS) is 12.0. The standard InChI is InChI=1S/C21H13F6NO2/c1-30-19(29)15-10-12(13-6-2-4-8-16(13)20(22,23)24)11-28-18(15)14-7-3-5-9-17(14)21(25,26)27/h2-11H,1H3. The van der Waals surface area contributed by atoms with E-state index in [1.165, 1.54) is 30.3 Å². The second-order valence-electron chi connectivity index (χ2n) is 6.20. The summed E-state index contributed by atoms with van der Waals surface area (Å²) in [7, 11) is 1.01. The highest BCUT2D eigenvalue weighted by Crippen LogP contribution is 2.40. The predicted molar refractivity (Wildman–Crippen MR) is 96.5 cm³/mol. The molecule has 0 saturated heterocycles. The highest BCUT2D eigenvalue weighted by Gasteiger charge is 2.36. The first kappa shape index (κ1) is 21.4. The number of methoxy groups -OCH3 is 1. The van der Waals surface area contributed by atoms with E-state index < -0.39 is 29.4 Å². The summed E-state index contributed by atoms with van der Waals surface area (Å²) in [5.41, 5.74) is -3.47. The monoisotopic (exact) mass is 425 g/mol. The van der Waals surface area contributed by atoms with Crippen LogP contribution in [0.15, 0.2) is 60.8 Å². The third-order valence-electron chi connectivity index (χ3n) is 4.32. The molecule has 0 spiro atoms. The Bertz CT molecular complexity index is 1090. The molecule has 1 aromatic heterocycles. The molecule has 3 nitrogen and oxygen atoms in total. The van der Waals surface area contributed by atoms with Crippen LogP contribution in [-0.2, 0) is 17.1 Å². The number of nitrogens with zero attached hydrogens (tertiary/aromatic N) is 1. The van der Waals surface area contributed by atoms with Crippen molar-refractivity contribution in [3.8, 4) is 22.4 Å². The second kappa shape index (κ2) is 7.81. The zero-order valence-electron chi connectivity index (χ0n) is 15.3. The van der Waals surface area contributed by atoms with Crippen molar-refractivity contribution in [3.05, 3.63) is 77.5 Å². The van der Waals surface area contributed by atoms with Crippen LogP contribution in [0.5, 0.6) is 0 Å². The summed E-state index contributed by atoms with van der Waals surface area (Å²) in [5.74, 6) is -1.03. The number of esters is 1. The average molecular weight is 425 g/mol. The van der Waals surface area contributed by atoms with Gasteiger partial charge in [-0.15, -0.1) is 0 Å². The molecule has 0 aliphatic carbocycles. The van der Waals surface area contributed by atoms with Crippen molar-refractivity contribution in [2.45, 2.75) is 12.4 Å². The molecule has 0 aliphatic rings. The Balaban J connectivity index is 2.26. The lowest BCUT2D eigenvalue weighted by molar-refractivity contribution is -0.137.